The Kier molecular flexibility index (Phi) is 5.80. The largest absolute Gasteiger partial charge is 0.495 e. The van der Waals surface area contributed by atoms with E-state index in [1.807, 2.05) is 12.1 Å². The van der Waals surface area contributed by atoms with Crippen molar-refractivity contribution in [3.63, 3.8) is 0 Å². The van der Waals surface area contributed by atoms with Crippen molar-refractivity contribution in [3.8, 4) is 17.0 Å². The molecule has 0 bridgehead atoms. The Hall–Kier alpha value is -3.69. The number of ether oxygens (including phenoxy) is 1. The second-order valence-electron chi connectivity index (χ2n) is 8.29. The van der Waals surface area contributed by atoms with Crippen LogP contribution >= 0.6 is 11.6 Å². The molecule has 34 heavy (non-hydrogen) atoms. The highest BCUT2D eigenvalue weighted by atomic mass is 35.5. The summed E-state index contributed by atoms with van der Waals surface area (Å²) in [5, 5.41) is 8.10. The number of nitrogens with zero attached hydrogens (tertiary/aromatic N) is 5. The van der Waals surface area contributed by atoms with Gasteiger partial charge in [0.15, 0.2) is 0 Å². The number of hydrogen-bond donors (Lipinski definition) is 2. The van der Waals surface area contributed by atoms with Gasteiger partial charge in [0, 0.05) is 42.8 Å². The van der Waals surface area contributed by atoms with Crippen molar-refractivity contribution in [1.82, 2.24) is 14.9 Å². The molecule has 1 saturated heterocycles. The number of aromatic nitrogens is 2. The number of nitrogens with two attached hydrogens (primary N) is 1. The van der Waals surface area contributed by atoms with Crippen LogP contribution in [0.1, 0.15) is 10.4 Å². The maximum Gasteiger partial charge on any atom is 0.299 e. The lowest BCUT2D eigenvalue weighted by molar-refractivity contribution is 0.0995. The van der Waals surface area contributed by atoms with Gasteiger partial charge >= 0.3 is 0 Å². The number of piperazine rings is 1. The lowest BCUT2D eigenvalue weighted by Gasteiger charge is -2.34. The SMILES string of the molecule is COc1ccc(-c2cc(C(=O)N=NN)c3[nH]c4cc(N5CCN(C)CC5)ccc4c3n2)cc1Cl. The first-order chi connectivity index (χ1) is 16.5. The first-order valence-corrected chi connectivity index (χ1v) is 11.3. The van der Waals surface area contributed by atoms with E-state index in [-0.39, 0.29) is 0 Å². The van der Waals surface area contributed by atoms with Gasteiger partial charge < -0.3 is 25.4 Å². The van der Waals surface area contributed by atoms with Crippen molar-refractivity contribution < 1.29 is 9.53 Å². The summed E-state index contributed by atoms with van der Waals surface area (Å²) < 4.78 is 5.25. The number of carbonyl (C=O) groups excluding carboxylic acids is 1. The number of benzene rings is 2. The highest BCUT2D eigenvalue weighted by molar-refractivity contribution is 6.32. The summed E-state index contributed by atoms with van der Waals surface area (Å²) in [6, 6.07) is 13.3. The maximum atomic E-state index is 12.8. The number of fused-ring (bicyclic) bond motifs is 3. The number of aromatic amines is 1. The average Bonchev–Trinajstić information content (AvgIpc) is 3.21. The average molecular weight is 478 g/mol. The molecule has 1 aliphatic heterocycles. The van der Waals surface area contributed by atoms with E-state index >= 15 is 0 Å². The van der Waals surface area contributed by atoms with E-state index in [9.17, 15) is 4.79 Å². The van der Waals surface area contributed by atoms with Crippen LogP contribution in [-0.4, -0.2) is 61.1 Å². The molecule has 0 aliphatic carbocycles. The Balaban J connectivity index is 1.67. The summed E-state index contributed by atoms with van der Waals surface area (Å²) in [5.74, 6) is 5.18. The Morgan fingerprint density at radius 3 is 2.65 bits per heavy atom. The van der Waals surface area contributed by atoms with Gasteiger partial charge in [-0.15, -0.1) is 0 Å². The van der Waals surface area contributed by atoms with Gasteiger partial charge in [0.25, 0.3) is 5.91 Å². The first kappa shape index (κ1) is 22.1. The van der Waals surface area contributed by atoms with Gasteiger partial charge in [-0.1, -0.05) is 21.9 Å². The predicted molar refractivity (Wildman–Crippen MR) is 134 cm³/mol. The number of carbonyl (C=O) groups is 1. The van der Waals surface area contributed by atoms with Crippen LogP contribution in [0.2, 0.25) is 5.02 Å². The number of H-pyrrole nitrogens is 1. The van der Waals surface area contributed by atoms with E-state index in [2.05, 4.69) is 44.3 Å². The van der Waals surface area contributed by atoms with Gasteiger partial charge in [-0.05, 0) is 49.5 Å². The van der Waals surface area contributed by atoms with Crippen molar-refractivity contribution in [1.29, 1.82) is 0 Å². The number of halogens is 1. The van der Waals surface area contributed by atoms with Crippen molar-refractivity contribution >= 4 is 45.1 Å². The second-order valence-corrected chi connectivity index (χ2v) is 8.70. The third-order valence-corrected chi connectivity index (χ3v) is 6.53. The van der Waals surface area contributed by atoms with Gasteiger partial charge in [0.1, 0.15) is 5.75 Å². The van der Waals surface area contributed by atoms with Gasteiger partial charge in [-0.25, -0.2) is 4.98 Å². The van der Waals surface area contributed by atoms with Gasteiger partial charge in [0.05, 0.1) is 39.9 Å². The molecular weight excluding hydrogens is 454 g/mol. The van der Waals surface area contributed by atoms with Crippen LogP contribution in [0.4, 0.5) is 5.69 Å². The lowest BCUT2D eigenvalue weighted by atomic mass is 10.1. The summed E-state index contributed by atoms with van der Waals surface area (Å²) in [5.41, 5.74) is 4.93. The first-order valence-electron chi connectivity index (χ1n) is 10.9. The minimum absolute atomic E-state index is 0.332. The summed E-state index contributed by atoms with van der Waals surface area (Å²) in [6.07, 6.45) is 0. The van der Waals surface area contributed by atoms with E-state index in [1.165, 1.54) is 0 Å². The maximum absolute atomic E-state index is 12.8. The minimum Gasteiger partial charge on any atom is -0.495 e. The van der Waals surface area contributed by atoms with E-state index < -0.39 is 5.91 Å². The number of nitrogens with one attached hydrogen (secondary N) is 1. The van der Waals surface area contributed by atoms with Crippen molar-refractivity contribution in [3.05, 3.63) is 53.1 Å². The molecule has 0 spiro atoms. The number of anilines is 1. The predicted octanol–water partition coefficient (Wildman–Crippen LogP) is 4.26. The molecule has 2 aromatic heterocycles. The van der Waals surface area contributed by atoms with E-state index in [4.69, 9.17) is 27.2 Å². The molecule has 2 aromatic carbocycles. The fourth-order valence-corrected chi connectivity index (χ4v) is 4.61. The quantitative estimate of drug-likeness (QED) is 0.258. The smallest absolute Gasteiger partial charge is 0.299 e. The van der Waals surface area contributed by atoms with Crippen molar-refractivity contribution in [2.24, 2.45) is 16.2 Å². The zero-order valence-electron chi connectivity index (χ0n) is 18.9. The third kappa shape index (κ3) is 3.93. The summed E-state index contributed by atoms with van der Waals surface area (Å²) in [7, 11) is 3.69. The number of likely N-dealkylation sites (N-methyl/N-ethyl adjacent to an activating group) is 1. The van der Waals surface area contributed by atoms with Crippen LogP contribution in [0.3, 0.4) is 0 Å². The van der Waals surface area contributed by atoms with Crippen LogP contribution in [-0.2, 0) is 0 Å². The molecule has 4 aromatic rings. The third-order valence-electron chi connectivity index (χ3n) is 6.23. The standard InChI is InChI=1S/C24H24ClN7O2/c1-31-7-9-32(10-8-31)15-4-5-16-20(12-15)28-23-17(24(33)29-30-26)13-19(27-22(16)23)14-3-6-21(34-2)18(25)11-14/h3-6,11-13,28H,7-10H2,1-2H3,(H2,26,29,33). The second kappa shape index (κ2) is 8.92. The van der Waals surface area contributed by atoms with Crippen LogP contribution in [0.15, 0.2) is 52.8 Å². The molecule has 10 heteroatoms. The monoisotopic (exact) mass is 477 g/mol. The minimum atomic E-state index is -0.554. The van der Waals surface area contributed by atoms with Crippen molar-refractivity contribution in [2.75, 3.05) is 45.2 Å². The van der Waals surface area contributed by atoms with Crippen molar-refractivity contribution in [2.45, 2.75) is 0 Å². The molecule has 0 atom stereocenters. The Labute approximate surface area is 201 Å². The fourth-order valence-electron chi connectivity index (χ4n) is 4.35. The van der Waals surface area contributed by atoms with E-state index in [0.717, 1.165) is 48.3 Å². The zero-order valence-corrected chi connectivity index (χ0v) is 19.6. The Morgan fingerprint density at radius 2 is 1.94 bits per heavy atom. The van der Waals surface area contributed by atoms with Crippen LogP contribution in [0, 0.1) is 0 Å². The molecule has 1 amide bonds. The molecule has 0 radical (unpaired) electrons. The number of methoxy groups -OCH3 is 1. The molecule has 0 unspecified atom stereocenters. The lowest BCUT2D eigenvalue weighted by Crippen LogP contribution is -2.44. The highest BCUT2D eigenvalue weighted by Crippen LogP contribution is 2.35. The molecular formula is C24H24ClN7O2. The molecule has 174 valence electrons. The topological polar surface area (TPSA) is 112 Å². The van der Waals surface area contributed by atoms with Crippen LogP contribution < -0.4 is 15.5 Å². The molecule has 1 aliphatic rings. The Bertz CT molecular complexity index is 1420. The fraction of sp³-hybridized carbons (Fsp3) is 0.250. The molecule has 9 nitrogen and oxygen atoms in total. The Morgan fingerprint density at radius 1 is 1.15 bits per heavy atom. The molecule has 3 heterocycles. The molecule has 0 saturated carbocycles. The summed E-state index contributed by atoms with van der Waals surface area (Å²) >= 11 is 6.34. The summed E-state index contributed by atoms with van der Waals surface area (Å²) in [6.45, 7) is 3.96. The molecule has 3 N–H and O–H groups in total. The van der Waals surface area contributed by atoms with Crippen LogP contribution in [0.5, 0.6) is 5.75 Å². The normalized spacial score (nSPS) is 15.0. The number of rotatable bonds is 4. The highest BCUT2D eigenvalue weighted by Gasteiger charge is 2.20. The summed E-state index contributed by atoms with van der Waals surface area (Å²) in [4.78, 5) is 25.7. The number of amides is 1. The molecule has 5 rings (SSSR count). The van der Waals surface area contributed by atoms with Gasteiger partial charge in [-0.2, -0.15) is 0 Å². The number of hydrogen-bond acceptors (Lipinski definition) is 6. The van der Waals surface area contributed by atoms with Crippen LogP contribution in [0.25, 0.3) is 33.2 Å². The van der Waals surface area contributed by atoms with E-state index in [0.29, 0.717) is 33.1 Å². The zero-order chi connectivity index (χ0) is 23.8. The van der Waals surface area contributed by atoms with E-state index in [1.54, 1.807) is 25.3 Å². The number of pyridine rings is 1. The molecule has 1 fully saturated rings. The van der Waals surface area contributed by atoms with Gasteiger partial charge in [-0.3, -0.25) is 4.79 Å². The van der Waals surface area contributed by atoms with Gasteiger partial charge in [0.2, 0.25) is 0 Å².